The van der Waals surface area contributed by atoms with Crippen LogP contribution < -0.4 is 5.73 Å². The molecule has 0 amide bonds. The van der Waals surface area contributed by atoms with Crippen LogP contribution in [0.3, 0.4) is 0 Å². The molecule has 0 saturated carbocycles. The van der Waals surface area contributed by atoms with Crippen molar-refractivity contribution in [1.29, 1.82) is 0 Å². The Kier molecular flexibility index (Phi) is 4.20. The number of piperidine rings is 1. The van der Waals surface area contributed by atoms with Crippen LogP contribution >= 0.6 is 0 Å². The summed E-state index contributed by atoms with van der Waals surface area (Å²) in [4.78, 5) is 2.52. The second kappa shape index (κ2) is 4.97. The maximum atomic E-state index is 6.04. The minimum absolute atomic E-state index is 0.355. The van der Waals surface area contributed by atoms with Gasteiger partial charge in [0.25, 0.3) is 0 Å². The highest BCUT2D eigenvalue weighted by molar-refractivity contribution is 4.75. The molecule has 0 aliphatic carbocycles. The summed E-state index contributed by atoms with van der Waals surface area (Å²) >= 11 is 0. The van der Waals surface area contributed by atoms with Gasteiger partial charge in [-0.15, -0.1) is 0 Å². The van der Waals surface area contributed by atoms with E-state index in [9.17, 15) is 0 Å². The lowest BCUT2D eigenvalue weighted by atomic mass is 9.97. The molecular weight excluding hydrogens is 160 g/mol. The Morgan fingerprint density at radius 2 is 1.85 bits per heavy atom. The summed E-state index contributed by atoms with van der Waals surface area (Å²) in [7, 11) is 0. The summed E-state index contributed by atoms with van der Waals surface area (Å²) in [5.41, 5.74) is 6.04. The van der Waals surface area contributed by atoms with Crippen molar-refractivity contribution < 1.29 is 0 Å². The zero-order valence-corrected chi connectivity index (χ0v) is 9.29. The van der Waals surface area contributed by atoms with Crippen LogP contribution in [0.5, 0.6) is 0 Å². The van der Waals surface area contributed by atoms with Gasteiger partial charge in [-0.3, -0.25) is 0 Å². The molecular formula is C11H24N2. The zero-order valence-electron chi connectivity index (χ0n) is 9.29. The lowest BCUT2D eigenvalue weighted by Crippen LogP contribution is -2.43. The summed E-state index contributed by atoms with van der Waals surface area (Å²) in [6.45, 7) is 10.3. The van der Waals surface area contributed by atoms with Crippen LogP contribution in [0.15, 0.2) is 0 Å². The average Bonchev–Trinajstić information content (AvgIpc) is 2.08. The lowest BCUT2D eigenvalue weighted by Gasteiger charge is -2.32. The SMILES string of the molecule is CC1CCN(C[C@@H](N)C(C)C)CC1. The molecule has 1 rings (SSSR count). The Morgan fingerprint density at radius 1 is 1.31 bits per heavy atom. The van der Waals surface area contributed by atoms with Crippen LogP contribution in [-0.2, 0) is 0 Å². The van der Waals surface area contributed by atoms with Crippen molar-refractivity contribution in [3.05, 3.63) is 0 Å². The van der Waals surface area contributed by atoms with Gasteiger partial charge in [0.1, 0.15) is 0 Å². The van der Waals surface area contributed by atoms with E-state index in [-0.39, 0.29) is 0 Å². The van der Waals surface area contributed by atoms with Gasteiger partial charge in [-0.2, -0.15) is 0 Å². The number of nitrogens with zero attached hydrogens (tertiary/aromatic N) is 1. The van der Waals surface area contributed by atoms with E-state index < -0.39 is 0 Å². The second-order valence-electron chi connectivity index (χ2n) is 4.89. The van der Waals surface area contributed by atoms with Gasteiger partial charge in [-0.05, 0) is 37.8 Å². The maximum absolute atomic E-state index is 6.04. The largest absolute Gasteiger partial charge is 0.326 e. The van der Waals surface area contributed by atoms with Crippen molar-refractivity contribution in [3.8, 4) is 0 Å². The summed E-state index contributed by atoms with van der Waals surface area (Å²) in [6, 6.07) is 0.355. The summed E-state index contributed by atoms with van der Waals surface area (Å²) in [5, 5.41) is 0. The van der Waals surface area contributed by atoms with E-state index in [4.69, 9.17) is 5.73 Å². The molecule has 2 heteroatoms. The van der Waals surface area contributed by atoms with Crippen molar-refractivity contribution in [2.45, 2.75) is 39.7 Å². The molecule has 1 aliphatic rings. The molecule has 2 N–H and O–H groups in total. The summed E-state index contributed by atoms with van der Waals surface area (Å²) in [5.74, 6) is 1.53. The molecule has 1 saturated heterocycles. The molecule has 0 bridgehead atoms. The third kappa shape index (κ3) is 3.65. The fourth-order valence-electron chi connectivity index (χ4n) is 1.75. The topological polar surface area (TPSA) is 29.3 Å². The lowest BCUT2D eigenvalue weighted by molar-refractivity contribution is 0.173. The van der Waals surface area contributed by atoms with Crippen LogP contribution in [0, 0.1) is 11.8 Å². The predicted octanol–water partition coefficient (Wildman–Crippen LogP) is 1.70. The standard InChI is InChI=1S/C11H24N2/c1-9(2)11(12)8-13-6-4-10(3)5-7-13/h9-11H,4-8,12H2,1-3H3/t11-/m1/s1. The average molecular weight is 184 g/mol. The Labute approximate surface area is 82.5 Å². The fourth-order valence-corrected chi connectivity index (χ4v) is 1.75. The van der Waals surface area contributed by atoms with Crippen molar-refractivity contribution in [2.24, 2.45) is 17.6 Å². The van der Waals surface area contributed by atoms with E-state index in [1.54, 1.807) is 0 Å². The molecule has 78 valence electrons. The highest BCUT2D eigenvalue weighted by atomic mass is 15.1. The van der Waals surface area contributed by atoms with E-state index >= 15 is 0 Å². The molecule has 0 unspecified atom stereocenters. The van der Waals surface area contributed by atoms with Gasteiger partial charge >= 0.3 is 0 Å². The minimum Gasteiger partial charge on any atom is -0.326 e. The third-order valence-corrected chi connectivity index (χ3v) is 3.20. The van der Waals surface area contributed by atoms with Crippen LogP contribution in [0.1, 0.15) is 33.6 Å². The first kappa shape index (κ1) is 11.0. The molecule has 0 aromatic carbocycles. The molecule has 2 nitrogen and oxygen atoms in total. The smallest absolute Gasteiger partial charge is 0.0191 e. The Balaban J connectivity index is 2.22. The maximum Gasteiger partial charge on any atom is 0.0191 e. The number of hydrogen-bond donors (Lipinski definition) is 1. The normalized spacial score (nSPS) is 23.8. The predicted molar refractivity (Wildman–Crippen MR) is 57.7 cm³/mol. The molecule has 0 spiro atoms. The minimum atomic E-state index is 0.355. The Morgan fingerprint density at radius 3 is 2.31 bits per heavy atom. The number of nitrogens with two attached hydrogens (primary N) is 1. The quantitative estimate of drug-likeness (QED) is 0.723. The molecule has 1 fully saturated rings. The fraction of sp³-hybridized carbons (Fsp3) is 1.00. The van der Waals surface area contributed by atoms with E-state index in [0.717, 1.165) is 12.5 Å². The highest BCUT2D eigenvalue weighted by Gasteiger charge is 2.18. The Bertz CT molecular complexity index is 137. The molecule has 1 aliphatic heterocycles. The first-order chi connectivity index (χ1) is 6.09. The van der Waals surface area contributed by atoms with Gasteiger partial charge in [0.15, 0.2) is 0 Å². The van der Waals surface area contributed by atoms with Crippen LogP contribution in [-0.4, -0.2) is 30.6 Å². The molecule has 0 radical (unpaired) electrons. The van der Waals surface area contributed by atoms with Gasteiger partial charge in [-0.25, -0.2) is 0 Å². The van der Waals surface area contributed by atoms with Crippen LogP contribution in [0.25, 0.3) is 0 Å². The molecule has 1 atom stereocenters. The first-order valence-corrected chi connectivity index (χ1v) is 5.57. The molecule has 0 aromatic rings. The van der Waals surface area contributed by atoms with Gasteiger partial charge in [0.2, 0.25) is 0 Å². The van der Waals surface area contributed by atoms with Gasteiger partial charge in [-0.1, -0.05) is 20.8 Å². The number of hydrogen-bond acceptors (Lipinski definition) is 2. The van der Waals surface area contributed by atoms with E-state index in [1.165, 1.54) is 25.9 Å². The molecule has 1 heterocycles. The Hall–Kier alpha value is -0.0800. The molecule has 0 aromatic heterocycles. The third-order valence-electron chi connectivity index (χ3n) is 3.20. The second-order valence-corrected chi connectivity index (χ2v) is 4.89. The van der Waals surface area contributed by atoms with Crippen LogP contribution in [0.2, 0.25) is 0 Å². The van der Waals surface area contributed by atoms with E-state index in [0.29, 0.717) is 12.0 Å². The first-order valence-electron chi connectivity index (χ1n) is 5.57. The van der Waals surface area contributed by atoms with Crippen molar-refractivity contribution in [2.75, 3.05) is 19.6 Å². The summed E-state index contributed by atoms with van der Waals surface area (Å²) < 4.78 is 0. The number of likely N-dealkylation sites (tertiary alicyclic amines) is 1. The van der Waals surface area contributed by atoms with E-state index in [1.807, 2.05) is 0 Å². The van der Waals surface area contributed by atoms with E-state index in [2.05, 4.69) is 25.7 Å². The highest BCUT2D eigenvalue weighted by Crippen LogP contribution is 2.16. The van der Waals surface area contributed by atoms with Crippen LogP contribution in [0.4, 0.5) is 0 Å². The van der Waals surface area contributed by atoms with Crippen molar-refractivity contribution >= 4 is 0 Å². The van der Waals surface area contributed by atoms with Crippen molar-refractivity contribution in [1.82, 2.24) is 4.90 Å². The van der Waals surface area contributed by atoms with Gasteiger partial charge < -0.3 is 10.6 Å². The molecule has 13 heavy (non-hydrogen) atoms. The summed E-state index contributed by atoms with van der Waals surface area (Å²) in [6.07, 6.45) is 2.70. The monoisotopic (exact) mass is 184 g/mol. The van der Waals surface area contributed by atoms with Gasteiger partial charge in [0, 0.05) is 12.6 Å². The zero-order chi connectivity index (χ0) is 9.84. The van der Waals surface area contributed by atoms with Crippen molar-refractivity contribution in [3.63, 3.8) is 0 Å². The van der Waals surface area contributed by atoms with Gasteiger partial charge in [0.05, 0.1) is 0 Å². The number of rotatable bonds is 3.